The number of nitrogens with zero attached hydrogens (tertiary/aromatic N) is 1. The van der Waals surface area contributed by atoms with E-state index in [1.807, 2.05) is 13.0 Å². The summed E-state index contributed by atoms with van der Waals surface area (Å²) < 4.78 is 14.1. The molecule has 17 heavy (non-hydrogen) atoms. The first kappa shape index (κ1) is 12.4. The maximum absolute atomic E-state index is 14.1. The van der Waals surface area contributed by atoms with E-state index in [1.165, 1.54) is 6.07 Å². The van der Waals surface area contributed by atoms with Crippen molar-refractivity contribution < 1.29 is 4.39 Å². The lowest BCUT2D eigenvalue weighted by molar-refractivity contribution is 0.503. The van der Waals surface area contributed by atoms with E-state index in [0.717, 1.165) is 24.9 Å². The molecule has 1 heterocycles. The monoisotopic (exact) mass is 236 g/mol. The third kappa shape index (κ3) is 2.16. The van der Waals surface area contributed by atoms with Crippen molar-refractivity contribution in [3.63, 3.8) is 0 Å². The van der Waals surface area contributed by atoms with Gasteiger partial charge in [-0.2, -0.15) is 0 Å². The van der Waals surface area contributed by atoms with Crippen LogP contribution in [0, 0.1) is 5.82 Å². The summed E-state index contributed by atoms with van der Waals surface area (Å²) in [6.07, 6.45) is 2.21. The van der Waals surface area contributed by atoms with Gasteiger partial charge in [-0.25, -0.2) is 4.39 Å². The van der Waals surface area contributed by atoms with Gasteiger partial charge in [0.1, 0.15) is 5.82 Å². The van der Waals surface area contributed by atoms with Gasteiger partial charge in [0.05, 0.1) is 5.69 Å². The zero-order valence-electron chi connectivity index (χ0n) is 10.8. The van der Waals surface area contributed by atoms with Crippen LogP contribution in [0.1, 0.15) is 45.2 Å². The van der Waals surface area contributed by atoms with E-state index >= 15 is 0 Å². The van der Waals surface area contributed by atoms with Gasteiger partial charge in [-0.1, -0.05) is 12.1 Å². The highest BCUT2D eigenvalue weighted by atomic mass is 19.1. The molecule has 1 atom stereocenters. The van der Waals surface area contributed by atoms with Crippen LogP contribution >= 0.6 is 0 Å². The number of hydrogen-bond donors (Lipinski definition) is 1. The highest BCUT2D eigenvalue weighted by Crippen LogP contribution is 2.38. The van der Waals surface area contributed by atoms with E-state index in [4.69, 9.17) is 5.73 Å². The van der Waals surface area contributed by atoms with Gasteiger partial charge in [-0.05, 0) is 45.2 Å². The van der Waals surface area contributed by atoms with Gasteiger partial charge in [0.2, 0.25) is 0 Å². The molecule has 2 nitrogen and oxygen atoms in total. The Morgan fingerprint density at radius 1 is 1.41 bits per heavy atom. The molecule has 0 saturated carbocycles. The van der Waals surface area contributed by atoms with Crippen molar-refractivity contribution in [1.29, 1.82) is 0 Å². The maximum atomic E-state index is 14.1. The molecular weight excluding hydrogens is 215 g/mol. The summed E-state index contributed by atoms with van der Waals surface area (Å²) in [6, 6.07) is 5.05. The minimum absolute atomic E-state index is 0.0197. The SMILES string of the molecule is CC(N)c1cccc(F)c1N1CCCC1(C)C. The first-order valence-corrected chi connectivity index (χ1v) is 6.25. The van der Waals surface area contributed by atoms with E-state index in [0.29, 0.717) is 5.69 Å². The summed E-state index contributed by atoms with van der Waals surface area (Å²) in [5.74, 6) is -0.158. The van der Waals surface area contributed by atoms with E-state index < -0.39 is 0 Å². The largest absolute Gasteiger partial charge is 0.364 e. The van der Waals surface area contributed by atoms with E-state index in [2.05, 4.69) is 18.7 Å². The first-order valence-electron chi connectivity index (χ1n) is 6.25. The van der Waals surface area contributed by atoms with E-state index in [-0.39, 0.29) is 17.4 Å². The summed E-state index contributed by atoms with van der Waals surface area (Å²) in [7, 11) is 0. The molecule has 1 aliphatic heterocycles. The molecule has 1 aliphatic rings. The second-order valence-electron chi connectivity index (χ2n) is 5.53. The zero-order chi connectivity index (χ0) is 12.6. The smallest absolute Gasteiger partial charge is 0.146 e. The van der Waals surface area contributed by atoms with Crippen LogP contribution in [0.4, 0.5) is 10.1 Å². The number of benzene rings is 1. The number of hydrogen-bond acceptors (Lipinski definition) is 2. The summed E-state index contributed by atoms with van der Waals surface area (Å²) in [6.45, 7) is 7.14. The second kappa shape index (κ2) is 4.30. The third-order valence-electron chi connectivity index (χ3n) is 3.68. The van der Waals surface area contributed by atoms with Gasteiger partial charge in [-0.3, -0.25) is 0 Å². The van der Waals surface area contributed by atoms with Crippen molar-refractivity contribution >= 4 is 5.69 Å². The molecule has 94 valence electrons. The Balaban J connectivity index is 2.50. The average Bonchev–Trinajstić information content (AvgIpc) is 2.57. The van der Waals surface area contributed by atoms with Crippen molar-refractivity contribution in [2.24, 2.45) is 5.73 Å². The van der Waals surface area contributed by atoms with Crippen LogP contribution in [0.15, 0.2) is 18.2 Å². The summed E-state index contributed by atoms with van der Waals surface area (Å²) >= 11 is 0. The van der Waals surface area contributed by atoms with Crippen molar-refractivity contribution in [1.82, 2.24) is 0 Å². The lowest BCUT2D eigenvalue weighted by Gasteiger charge is -2.36. The Labute approximate surface area is 103 Å². The fourth-order valence-electron chi connectivity index (χ4n) is 2.71. The van der Waals surface area contributed by atoms with Crippen LogP contribution in [-0.2, 0) is 0 Å². The number of anilines is 1. The van der Waals surface area contributed by atoms with Crippen LogP contribution in [0.5, 0.6) is 0 Å². The number of nitrogens with two attached hydrogens (primary N) is 1. The molecule has 3 heteroatoms. The molecule has 0 radical (unpaired) electrons. The first-order chi connectivity index (χ1) is 7.93. The number of para-hydroxylation sites is 1. The predicted molar refractivity (Wildman–Crippen MR) is 69.7 cm³/mol. The minimum Gasteiger partial charge on any atom is -0.364 e. The van der Waals surface area contributed by atoms with Gasteiger partial charge in [-0.15, -0.1) is 0 Å². The molecular formula is C14H21FN2. The highest BCUT2D eigenvalue weighted by Gasteiger charge is 2.34. The van der Waals surface area contributed by atoms with Crippen LogP contribution in [0.2, 0.25) is 0 Å². The summed E-state index contributed by atoms with van der Waals surface area (Å²) in [5.41, 5.74) is 7.57. The second-order valence-corrected chi connectivity index (χ2v) is 5.53. The Kier molecular flexibility index (Phi) is 3.13. The Morgan fingerprint density at radius 3 is 2.65 bits per heavy atom. The lowest BCUT2D eigenvalue weighted by atomic mass is 9.99. The Bertz CT molecular complexity index is 413. The fraction of sp³-hybridized carbons (Fsp3) is 0.571. The molecule has 1 saturated heterocycles. The lowest BCUT2D eigenvalue weighted by Crippen LogP contribution is -2.39. The van der Waals surface area contributed by atoms with Crippen LogP contribution in [-0.4, -0.2) is 12.1 Å². The number of halogens is 1. The normalized spacial score (nSPS) is 20.6. The molecule has 1 unspecified atom stereocenters. The predicted octanol–water partition coefficient (Wildman–Crippen LogP) is 3.22. The molecule has 0 spiro atoms. The van der Waals surface area contributed by atoms with Gasteiger partial charge >= 0.3 is 0 Å². The maximum Gasteiger partial charge on any atom is 0.146 e. The molecule has 2 N–H and O–H groups in total. The van der Waals surface area contributed by atoms with E-state index in [1.54, 1.807) is 6.07 Å². The van der Waals surface area contributed by atoms with Crippen LogP contribution in [0.3, 0.4) is 0 Å². The molecule has 0 aliphatic carbocycles. The highest BCUT2D eigenvalue weighted by molar-refractivity contribution is 5.58. The van der Waals surface area contributed by atoms with Crippen LogP contribution in [0.25, 0.3) is 0 Å². The van der Waals surface area contributed by atoms with Crippen molar-refractivity contribution in [3.8, 4) is 0 Å². The quantitative estimate of drug-likeness (QED) is 0.854. The summed E-state index contributed by atoms with van der Waals surface area (Å²) in [5, 5.41) is 0. The molecule has 0 amide bonds. The number of rotatable bonds is 2. The molecule has 1 fully saturated rings. The van der Waals surface area contributed by atoms with E-state index in [9.17, 15) is 4.39 Å². The standard InChI is InChI=1S/C14H21FN2/c1-10(16)11-6-4-7-12(15)13(11)17-9-5-8-14(17,2)3/h4,6-7,10H,5,8-9,16H2,1-3H3. The van der Waals surface area contributed by atoms with Gasteiger partial charge in [0, 0.05) is 18.1 Å². The molecule has 2 rings (SSSR count). The fourth-order valence-corrected chi connectivity index (χ4v) is 2.71. The van der Waals surface area contributed by atoms with Gasteiger partial charge in [0.15, 0.2) is 0 Å². The molecule has 1 aromatic rings. The van der Waals surface area contributed by atoms with Gasteiger partial charge < -0.3 is 10.6 Å². The third-order valence-corrected chi connectivity index (χ3v) is 3.68. The zero-order valence-corrected chi connectivity index (χ0v) is 10.8. The molecule has 0 bridgehead atoms. The Morgan fingerprint density at radius 2 is 2.12 bits per heavy atom. The summed E-state index contributed by atoms with van der Waals surface area (Å²) in [4.78, 5) is 2.17. The van der Waals surface area contributed by atoms with Crippen molar-refractivity contribution in [2.45, 2.75) is 45.2 Å². The molecule has 1 aromatic carbocycles. The Hall–Kier alpha value is -1.09. The van der Waals surface area contributed by atoms with Crippen molar-refractivity contribution in [2.75, 3.05) is 11.4 Å². The van der Waals surface area contributed by atoms with Crippen LogP contribution < -0.4 is 10.6 Å². The average molecular weight is 236 g/mol. The minimum atomic E-state index is -0.158. The molecule has 0 aromatic heterocycles. The van der Waals surface area contributed by atoms with Crippen molar-refractivity contribution in [3.05, 3.63) is 29.6 Å². The van der Waals surface area contributed by atoms with Gasteiger partial charge in [0.25, 0.3) is 0 Å². The topological polar surface area (TPSA) is 29.3 Å².